The number of likely N-dealkylation sites (N-methyl/N-ethyl adjacent to an activating group) is 1. The molecule has 3 aromatic rings. The molecule has 6 heteroatoms. The molecule has 0 aliphatic carbocycles. The SMILES string of the molecule is CN(C(=O)c1ccccc1)[C@H]1CCN(C(CCCc2cccnc2)CCCc2cccnc2)C1=O. The van der Waals surface area contributed by atoms with E-state index in [1.54, 1.807) is 36.5 Å². The van der Waals surface area contributed by atoms with Crippen molar-refractivity contribution in [2.45, 2.75) is 57.0 Å². The molecule has 0 N–H and O–H groups in total. The van der Waals surface area contributed by atoms with Gasteiger partial charge in [-0.05, 0) is 80.3 Å². The highest BCUT2D eigenvalue weighted by molar-refractivity contribution is 5.97. The van der Waals surface area contributed by atoms with Gasteiger partial charge in [-0.3, -0.25) is 19.6 Å². The second-order valence-electron chi connectivity index (χ2n) is 9.28. The number of rotatable bonds is 11. The van der Waals surface area contributed by atoms with Gasteiger partial charge in [0.2, 0.25) is 5.91 Å². The second-order valence-corrected chi connectivity index (χ2v) is 9.28. The van der Waals surface area contributed by atoms with Crippen LogP contribution >= 0.6 is 0 Å². The molecule has 2 aromatic heterocycles. The summed E-state index contributed by atoms with van der Waals surface area (Å²) in [4.78, 5) is 38.6. The van der Waals surface area contributed by atoms with Gasteiger partial charge in [0.1, 0.15) is 6.04 Å². The Hall–Kier alpha value is -3.54. The van der Waals surface area contributed by atoms with Gasteiger partial charge in [-0.2, -0.15) is 0 Å². The summed E-state index contributed by atoms with van der Waals surface area (Å²) in [7, 11) is 1.75. The van der Waals surface area contributed by atoms with Gasteiger partial charge in [0.25, 0.3) is 5.91 Å². The van der Waals surface area contributed by atoms with Gasteiger partial charge in [0, 0.05) is 50.0 Å². The van der Waals surface area contributed by atoms with Crippen LogP contribution in [0.1, 0.15) is 53.6 Å². The minimum absolute atomic E-state index is 0.0736. The molecule has 0 bridgehead atoms. The van der Waals surface area contributed by atoms with E-state index in [1.807, 2.05) is 47.6 Å². The summed E-state index contributed by atoms with van der Waals surface area (Å²) in [6.07, 6.45) is 13.9. The Morgan fingerprint density at radius 3 is 2.09 bits per heavy atom. The Kier molecular flexibility index (Phi) is 8.60. The largest absolute Gasteiger partial charge is 0.338 e. The number of hydrogen-bond donors (Lipinski definition) is 0. The number of aryl methyl sites for hydroxylation is 2. The molecule has 0 radical (unpaired) electrons. The van der Waals surface area contributed by atoms with Crippen LogP contribution in [0.15, 0.2) is 79.4 Å². The molecule has 0 spiro atoms. The fraction of sp³-hybridized carbons (Fsp3) is 0.379. The number of pyridine rings is 2. The maximum atomic E-state index is 13.5. The summed E-state index contributed by atoms with van der Waals surface area (Å²) < 4.78 is 0. The zero-order chi connectivity index (χ0) is 24.5. The molecule has 1 aromatic carbocycles. The lowest BCUT2D eigenvalue weighted by atomic mass is 9.98. The molecule has 1 atom stereocenters. The van der Waals surface area contributed by atoms with Crippen LogP contribution in [0.5, 0.6) is 0 Å². The van der Waals surface area contributed by atoms with Gasteiger partial charge in [-0.15, -0.1) is 0 Å². The van der Waals surface area contributed by atoms with Crippen molar-refractivity contribution in [2.24, 2.45) is 0 Å². The molecular weight excluding hydrogens is 436 g/mol. The monoisotopic (exact) mass is 470 g/mol. The van der Waals surface area contributed by atoms with Crippen LogP contribution in [0.4, 0.5) is 0 Å². The van der Waals surface area contributed by atoms with Crippen molar-refractivity contribution < 1.29 is 9.59 Å². The number of benzene rings is 1. The average Bonchev–Trinajstić information content (AvgIpc) is 3.29. The summed E-state index contributed by atoms with van der Waals surface area (Å²) in [5.74, 6) is -0.0277. The fourth-order valence-electron chi connectivity index (χ4n) is 4.97. The second kappa shape index (κ2) is 12.2. The number of likely N-dealkylation sites (tertiary alicyclic amines) is 1. The predicted molar refractivity (Wildman–Crippen MR) is 137 cm³/mol. The standard InChI is InChI=1S/C29H34N4O2/c1-32(28(34)25-13-3-2-4-14-25)27-17-20-33(29(27)35)26(15-5-9-23-11-7-18-30-21-23)16-6-10-24-12-8-19-31-22-24/h2-4,7-8,11-14,18-19,21-22,26-27H,5-6,9-10,15-17,20H2,1H3/t27-/m0/s1. The van der Waals surface area contributed by atoms with Gasteiger partial charge in [0.05, 0.1) is 0 Å². The summed E-state index contributed by atoms with van der Waals surface area (Å²) in [6, 6.07) is 17.1. The Bertz CT molecular complexity index is 1030. The quantitative estimate of drug-likeness (QED) is 0.412. The van der Waals surface area contributed by atoms with E-state index in [0.717, 1.165) is 38.5 Å². The highest BCUT2D eigenvalue weighted by Crippen LogP contribution is 2.25. The summed E-state index contributed by atoms with van der Waals surface area (Å²) in [5, 5.41) is 0. The molecule has 2 amide bonds. The van der Waals surface area contributed by atoms with Gasteiger partial charge in [-0.1, -0.05) is 30.3 Å². The smallest absolute Gasteiger partial charge is 0.254 e. The van der Waals surface area contributed by atoms with Crippen LogP contribution < -0.4 is 0 Å². The van der Waals surface area contributed by atoms with E-state index in [4.69, 9.17) is 0 Å². The predicted octanol–water partition coefficient (Wildman–Crippen LogP) is 4.56. The maximum Gasteiger partial charge on any atom is 0.254 e. The summed E-state index contributed by atoms with van der Waals surface area (Å²) in [5.41, 5.74) is 3.06. The number of carbonyl (C=O) groups excluding carboxylic acids is 2. The number of carbonyl (C=O) groups is 2. The Balaban J connectivity index is 1.39. The Labute approximate surface area is 208 Å². The van der Waals surface area contributed by atoms with Crippen molar-refractivity contribution >= 4 is 11.8 Å². The van der Waals surface area contributed by atoms with Crippen LogP contribution in [0.3, 0.4) is 0 Å². The molecule has 182 valence electrons. The zero-order valence-corrected chi connectivity index (χ0v) is 20.4. The van der Waals surface area contributed by atoms with Crippen molar-refractivity contribution in [3.05, 3.63) is 96.1 Å². The minimum atomic E-state index is -0.401. The molecule has 0 unspecified atom stereocenters. The van der Waals surface area contributed by atoms with Gasteiger partial charge in [-0.25, -0.2) is 0 Å². The lowest BCUT2D eigenvalue weighted by molar-refractivity contribution is -0.133. The Morgan fingerprint density at radius 2 is 1.54 bits per heavy atom. The zero-order valence-electron chi connectivity index (χ0n) is 20.4. The molecule has 3 heterocycles. The first kappa shape index (κ1) is 24.6. The van der Waals surface area contributed by atoms with E-state index in [0.29, 0.717) is 18.5 Å². The van der Waals surface area contributed by atoms with E-state index in [9.17, 15) is 9.59 Å². The molecule has 35 heavy (non-hydrogen) atoms. The minimum Gasteiger partial charge on any atom is -0.338 e. The fourth-order valence-corrected chi connectivity index (χ4v) is 4.97. The lowest BCUT2D eigenvalue weighted by Crippen LogP contribution is -2.45. The first-order valence-electron chi connectivity index (χ1n) is 12.5. The van der Waals surface area contributed by atoms with Crippen molar-refractivity contribution in [3.63, 3.8) is 0 Å². The number of amides is 2. The molecule has 4 rings (SSSR count). The van der Waals surface area contributed by atoms with Gasteiger partial charge < -0.3 is 9.80 Å². The van der Waals surface area contributed by atoms with Crippen molar-refractivity contribution in [2.75, 3.05) is 13.6 Å². The summed E-state index contributed by atoms with van der Waals surface area (Å²) >= 11 is 0. The van der Waals surface area contributed by atoms with E-state index >= 15 is 0 Å². The summed E-state index contributed by atoms with van der Waals surface area (Å²) in [6.45, 7) is 0.695. The number of hydrogen-bond acceptors (Lipinski definition) is 4. The lowest BCUT2D eigenvalue weighted by Gasteiger charge is -2.30. The van der Waals surface area contributed by atoms with Crippen molar-refractivity contribution in [3.8, 4) is 0 Å². The number of aromatic nitrogens is 2. The van der Waals surface area contributed by atoms with Crippen LogP contribution in [0.25, 0.3) is 0 Å². The van der Waals surface area contributed by atoms with Crippen molar-refractivity contribution in [1.82, 2.24) is 19.8 Å². The van der Waals surface area contributed by atoms with Crippen LogP contribution in [-0.4, -0.2) is 57.3 Å². The first-order valence-corrected chi connectivity index (χ1v) is 12.5. The normalized spacial score (nSPS) is 15.5. The molecule has 0 saturated carbocycles. The molecule has 6 nitrogen and oxygen atoms in total. The van der Waals surface area contributed by atoms with Gasteiger partial charge >= 0.3 is 0 Å². The third-order valence-electron chi connectivity index (χ3n) is 6.91. The first-order chi connectivity index (χ1) is 17.1. The van der Waals surface area contributed by atoms with E-state index < -0.39 is 6.04 Å². The topological polar surface area (TPSA) is 66.4 Å². The molecule has 1 saturated heterocycles. The third-order valence-corrected chi connectivity index (χ3v) is 6.91. The molecule has 1 fully saturated rings. The highest BCUT2D eigenvalue weighted by atomic mass is 16.2. The maximum absolute atomic E-state index is 13.5. The van der Waals surface area contributed by atoms with E-state index in [2.05, 4.69) is 22.1 Å². The van der Waals surface area contributed by atoms with Gasteiger partial charge in [0.15, 0.2) is 0 Å². The molecule has 1 aliphatic rings. The number of nitrogens with zero attached hydrogens (tertiary/aromatic N) is 4. The van der Waals surface area contributed by atoms with Crippen molar-refractivity contribution in [1.29, 1.82) is 0 Å². The average molecular weight is 471 g/mol. The highest BCUT2D eigenvalue weighted by Gasteiger charge is 2.39. The van der Waals surface area contributed by atoms with Crippen LogP contribution in [0.2, 0.25) is 0 Å². The van der Waals surface area contributed by atoms with Crippen LogP contribution in [-0.2, 0) is 17.6 Å². The third kappa shape index (κ3) is 6.53. The molecule has 1 aliphatic heterocycles. The van der Waals surface area contributed by atoms with E-state index in [-0.39, 0.29) is 17.9 Å². The molecular formula is C29H34N4O2. The Morgan fingerprint density at radius 1 is 0.943 bits per heavy atom. The van der Waals surface area contributed by atoms with E-state index in [1.165, 1.54) is 11.1 Å². The van der Waals surface area contributed by atoms with Crippen LogP contribution in [0, 0.1) is 0 Å².